The predicted molar refractivity (Wildman–Crippen MR) is 78.8 cm³/mol. The van der Waals surface area contributed by atoms with Crippen molar-refractivity contribution >= 4 is 17.5 Å². The second-order valence-electron chi connectivity index (χ2n) is 4.67. The maximum Gasteiger partial charge on any atom is 0.270 e. The lowest BCUT2D eigenvalue weighted by Gasteiger charge is -2.18. The third kappa shape index (κ3) is 3.62. The van der Waals surface area contributed by atoms with Crippen molar-refractivity contribution in [2.45, 2.75) is 12.5 Å². The summed E-state index contributed by atoms with van der Waals surface area (Å²) in [6.07, 6.45) is 1.49. The highest BCUT2D eigenvalue weighted by atomic mass is 35.5. The summed E-state index contributed by atoms with van der Waals surface area (Å²) < 4.78 is 0. The Bertz CT molecular complexity index is 568. The van der Waals surface area contributed by atoms with Crippen LogP contribution >= 0.6 is 11.6 Å². The molecule has 1 aromatic carbocycles. The first kappa shape index (κ1) is 14.6. The number of aliphatic hydroxyl groups is 1. The zero-order valence-corrected chi connectivity index (χ0v) is 12.0. The van der Waals surface area contributed by atoms with Gasteiger partial charge in [-0.15, -0.1) is 0 Å². The number of hydrogen-bond acceptors (Lipinski definition) is 2. The van der Waals surface area contributed by atoms with Crippen LogP contribution in [-0.2, 0) is 0 Å². The second kappa shape index (κ2) is 6.59. The number of aromatic amines is 1. The average Bonchev–Trinajstić information content (AvgIpc) is 2.91. The molecule has 2 N–H and O–H groups in total. The van der Waals surface area contributed by atoms with Crippen LogP contribution in [0, 0.1) is 0 Å². The molecule has 0 radical (unpaired) electrons. The predicted octanol–water partition coefficient (Wildman–Crippen LogP) is 2.86. The molecule has 1 amide bonds. The Morgan fingerprint density at radius 3 is 2.70 bits per heavy atom. The molecule has 1 aromatic heterocycles. The van der Waals surface area contributed by atoms with E-state index in [2.05, 4.69) is 4.98 Å². The summed E-state index contributed by atoms with van der Waals surface area (Å²) >= 11 is 5.77. The molecular formula is C15H17ClN2O2. The molecule has 0 saturated carbocycles. The number of aromatic nitrogens is 1. The number of carbonyl (C=O) groups excluding carboxylic acids is 1. The standard InChI is InChI=1S/C15H17ClN2O2/c1-18(15(20)13-9-12(16)10-17-13)8-7-14(19)11-5-3-2-4-6-11/h2-6,9-10,14,17,19H,7-8H2,1H3. The molecular weight excluding hydrogens is 276 g/mol. The van der Waals surface area contributed by atoms with Crippen LogP contribution < -0.4 is 0 Å². The van der Waals surface area contributed by atoms with Crippen LogP contribution in [0.5, 0.6) is 0 Å². The summed E-state index contributed by atoms with van der Waals surface area (Å²) in [4.78, 5) is 16.4. The summed E-state index contributed by atoms with van der Waals surface area (Å²) in [5.41, 5.74) is 1.31. The molecule has 0 aliphatic rings. The van der Waals surface area contributed by atoms with Crippen LogP contribution in [0.1, 0.15) is 28.6 Å². The molecule has 0 bridgehead atoms. The van der Waals surface area contributed by atoms with Crippen LogP contribution in [0.2, 0.25) is 5.02 Å². The zero-order valence-electron chi connectivity index (χ0n) is 11.2. The number of nitrogens with one attached hydrogen (secondary N) is 1. The Morgan fingerprint density at radius 2 is 2.10 bits per heavy atom. The van der Waals surface area contributed by atoms with E-state index in [-0.39, 0.29) is 5.91 Å². The van der Waals surface area contributed by atoms with Crippen LogP contribution in [0.15, 0.2) is 42.6 Å². The van der Waals surface area contributed by atoms with Crippen molar-refractivity contribution in [3.63, 3.8) is 0 Å². The van der Waals surface area contributed by atoms with E-state index >= 15 is 0 Å². The second-order valence-corrected chi connectivity index (χ2v) is 5.11. The molecule has 4 nitrogen and oxygen atoms in total. The minimum atomic E-state index is -0.571. The normalized spacial score (nSPS) is 12.2. The topological polar surface area (TPSA) is 56.3 Å². The Kier molecular flexibility index (Phi) is 4.82. The quantitative estimate of drug-likeness (QED) is 0.890. The molecule has 2 aromatic rings. The van der Waals surface area contributed by atoms with Crippen LogP contribution in [0.4, 0.5) is 0 Å². The van der Waals surface area contributed by atoms with E-state index in [0.717, 1.165) is 5.56 Å². The van der Waals surface area contributed by atoms with Gasteiger partial charge < -0.3 is 15.0 Å². The third-order valence-corrected chi connectivity index (χ3v) is 3.37. The molecule has 0 saturated heterocycles. The highest BCUT2D eigenvalue weighted by molar-refractivity contribution is 6.30. The van der Waals surface area contributed by atoms with Gasteiger partial charge in [0.05, 0.1) is 11.1 Å². The van der Waals surface area contributed by atoms with Crippen molar-refractivity contribution in [1.29, 1.82) is 0 Å². The minimum absolute atomic E-state index is 0.142. The largest absolute Gasteiger partial charge is 0.388 e. The average molecular weight is 293 g/mol. The van der Waals surface area contributed by atoms with Crippen molar-refractivity contribution in [2.75, 3.05) is 13.6 Å². The van der Waals surface area contributed by atoms with Crippen LogP contribution in [0.25, 0.3) is 0 Å². The number of hydrogen-bond donors (Lipinski definition) is 2. The molecule has 20 heavy (non-hydrogen) atoms. The monoisotopic (exact) mass is 292 g/mol. The van der Waals surface area contributed by atoms with Gasteiger partial charge in [-0.2, -0.15) is 0 Å². The van der Waals surface area contributed by atoms with Gasteiger partial charge in [-0.25, -0.2) is 0 Å². The van der Waals surface area contributed by atoms with E-state index in [0.29, 0.717) is 23.7 Å². The first-order chi connectivity index (χ1) is 9.58. The Hall–Kier alpha value is -1.78. The highest BCUT2D eigenvalue weighted by Gasteiger charge is 2.15. The Balaban J connectivity index is 1.89. The van der Waals surface area contributed by atoms with Gasteiger partial charge >= 0.3 is 0 Å². The summed E-state index contributed by atoms with van der Waals surface area (Å²) in [7, 11) is 1.70. The van der Waals surface area contributed by atoms with Crippen LogP contribution in [0.3, 0.4) is 0 Å². The van der Waals surface area contributed by atoms with E-state index in [1.165, 1.54) is 0 Å². The lowest BCUT2D eigenvalue weighted by atomic mass is 10.1. The van der Waals surface area contributed by atoms with E-state index in [1.807, 2.05) is 30.3 Å². The number of amides is 1. The third-order valence-electron chi connectivity index (χ3n) is 3.15. The van der Waals surface area contributed by atoms with E-state index < -0.39 is 6.10 Å². The van der Waals surface area contributed by atoms with Gasteiger partial charge in [0.15, 0.2) is 0 Å². The van der Waals surface area contributed by atoms with E-state index in [9.17, 15) is 9.90 Å². The summed E-state index contributed by atoms with van der Waals surface area (Å²) in [5, 5.41) is 10.6. The number of aliphatic hydroxyl groups excluding tert-OH is 1. The van der Waals surface area contributed by atoms with Gasteiger partial charge in [-0.3, -0.25) is 4.79 Å². The number of H-pyrrole nitrogens is 1. The van der Waals surface area contributed by atoms with Crippen molar-refractivity contribution in [3.05, 3.63) is 58.9 Å². The minimum Gasteiger partial charge on any atom is -0.388 e. The van der Waals surface area contributed by atoms with Crippen LogP contribution in [-0.4, -0.2) is 34.5 Å². The smallest absolute Gasteiger partial charge is 0.270 e. The molecule has 1 atom stereocenters. The number of rotatable bonds is 5. The number of nitrogens with zero attached hydrogens (tertiary/aromatic N) is 1. The Morgan fingerprint density at radius 1 is 1.40 bits per heavy atom. The number of halogens is 1. The van der Waals surface area contributed by atoms with Gasteiger partial charge in [0, 0.05) is 19.8 Å². The fourth-order valence-corrected chi connectivity index (χ4v) is 2.12. The molecule has 0 spiro atoms. The molecule has 0 aliphatic carbocycles. The van der Waals surface area contributed by atoms with Gasteiger partial charge in [0.25, 0.3) is 5.91 Å². The fourth-order valence-electron chi connectivity index (χ4n) is 1.96. The van der Waals surface area contributed by atoms with Gasteiger partial charge in [0.2, 0.25) is 0 Å². The maximum atomic E-state index is 12.1. The summed E-state index contributed by atoms with van der Waals surface area (Å²) in [6.45, 7) is 0.464. The molecule has 106 valence electrons. The zero-order chi connectivity index (χ0) is 14.5. The van der Waals surface area contributed by atoms with Crippen molar-refractivity contribution < 1.29 is 9.90 Å². The van der Waals surface area contributed by atoms with Gasteiger partial charge in [0.1, 0.15) is 5.69 Å². The van der Waals surface area contributed by atoms with Crippen molar-refractivity contribution in [1.82, 2.24) is 9.88 Å². The van der Waals surface area contributed by atoms with Gasteiger partial charge in [-0.1, -0.05) is 41.9 Å². The molecule has 2 rings (SSSR count). The molecule has 0 fully saturated rings. The highest BCUT2D eigenvalue weighted by Crippen LogP contribution is 2.17. The molecule has 0 aliphatic heterocycles. The number of benzene rings is 1. The lowest BCUT2D eigenvalue weighted by molar-refractivity contribution is 0.0756. The van der Waals surface area contributed by atoms with Gasteiger partial charge in [-0.05, 0) is 18.1 Å². The van der Waals surface area contributed by atoms with Crippen molar-refractivity contribution in [2.24, 2.45) is 0 Å². The number of carbonyl (C=O) groups is 1. The Labute approximate surface area is 123 Å². The molecule has 1 unspecified atom stereocenters. The first-order valence-electron chi connectivity index (χ1n) is 6.40. The van der Waals surface area contributed by atoms with Crippen molar-refractivity contribution in [3.8, 4) is 0 Å². The summed E-state index contributed by atoms with van der Waals surface area (Å²) in [5.74, 6) is -0.142. The first-order valence-corrected chi connectivity index (χ1v) is 6.78. The summed E-state index contributed by atoms with van der Waals surface area (Å²) in [6, 6.07) is 11.0. The molecule has 5 heteroatoms. The SMILES string of the molecule is CN(CCC(O)c1ccccc1)C(=O)c1cc(Cl)c[nH]1. The maximum absolute atomic E-state index is 12.1. The van der Waals surface area contributed by atoms with E-state index in [4.69, 9.17) is 11.6 Å². The fraction of sp³-hybridized carbons (Fsp3) is 0.267. The molecule has 1 heterocycles. The van der Waals surface area contributed by atoms with E-state index in [1.54, 1.807) is 24.2 Å². The lowest BCUT2D eigenvalue weighted by Crippen LogP contribution is -2.28.